The fourth-order valence-electron chi connectivity index (χ4n) is 8.88. The van der Waals surface area contributed by atoms with Crippen LogP contribution >= 0.6 is 0 Å². The largest absolute Gasteiger partial charge is 0.480 e. The highest BCUT2D eigenvalue weighted by Gasteiger charge is 2.57. The zero-order valence-electron chi connectivity index (χ0n) is 21.0. The second-order valence-corrected chi connectivity index (χ2v) is 12.5. The molecule has 1 aromatic rings. The number of allylic oxidation sites excluding steroid dienone is 2. The second kappa shape index (κ2) is 8.65. The van der Waals surface area contributed by atoms with Gasteiger partial charge < -0.3 is 15.3 Å². The Morgan fingerprint density at radius 1 is 1.21 bits per heavy atom. The SMILES string of the molecule is CC(C[C@H]1CC[C@@]2(C)[C@H](CC[C@H]3C4=CC[C@H](c5ccc(=O)oc5)[C@@]4(C)CC[C@@H]32)C1)C(N)C(=O)O. The van der Waals surface area contributed by atoms with Crippen molar-refractivity contribution in [2.75, 3.05) is 0 Å². The van der Waals surface area contributed by atoms with E-state index in [0.717, 1.165) is 24.7 Å². The first kappa shape index (κ1) is 23.8. The topological polar surface area (TPSA) is 93.5 Å². The summed E-state index contributed by atoms with van der Waals surface area (Å²) in [7, 11) is 0. The molecule has 0 aromatic carbocycles. The molecule has 0 saturated heterocycles. The lowest BCUT2D eigenvalue weighted by atomic mass is 9.45. The molecule has 0 spiro atoms. The maximum absolute atomic E-state index is 11.5. The third-order valence-corrected chi connectivity index (χ3v) is 10.9. The van der Waals surface area contributed by atoms with Crippen molar-refractivity contribution in [1.82, 2.24) is 0 Å². The van der Waals surface area contributed by atoms with Crippen molar-refractivity contribution in [2.45, 2.75) is 90.5 Å². The van der Waals surface area contributed by atoms with Crippen molar-refractivity contribution < 1.29 is 14.3 Å². The van der Waals surface area contributed by atoms with Crippen molar-refractivity contribution >= 4 is 5.97 Å². The van der Waals surface area contributed by atoms with Gasteiger partial charge >= 0.3 is 11.6 Å². The van der Waals surface area contributed by atoms with E-state index in [1.54, 1.807) is 17.9 Å². The number of carbonyl (C=O) groups is 1. The van der Waals surface area contributed by atoms with Crippen LogP contribution in [0.5, 0.6) is 0 Å². The van der Waals surface area contributed by atoms with Gasteiger partial charge in [0.1, 0.15) is 6.04 Å². The Labute approximate surface area is 203 Å². The molecule has 9 atom stereocenters. The monoisotopic (exact) mass is 467 g/mol. The number of fused-ring (bicyclic) bond motifs is 5. The van der Waals surface area contributed by atoms with E-state index < -0.39 is 12.0 Å². The van der Waals surface area contributed by atoms with Crippen LogP contribution in [-0.4, -0.2) is 17.1 Å². The molecular weight excluding hydrogens is 426 g/mol. The van der Waals surface area contributed by atoms with Gasteiger partial charge in [0.15, 0.2) is 0 Å². The van der Waals surface area contributed by atoms with Crippen LogP contribution in [0, 0.1) is 40.4 Å². The summed E-state index contributed by atoms with van der Waals surface area (Å²) in [6, 6.07) is 2.79. The first-order valence-corrected chi connectivity index (χ1v) is 13.4. The van der Waals surface area contributed by atoms with Crippen molar-refractivity contribution in [2.24, 2.45) is 46.2 Å². The van der Waals surface area contributed by atoms with E-state index in [0.29, 0.717) is 23.2 Å². The highest BCUT2D eigenvalue weighted by molar-refractivity contribution is 5.73. The summed E-state index contributed by atoms with van der Waals surface area (Å²) in [5.41, 5.74) is 9.05. The van der Waals surface area contributed by atoms with E-state index >= 15 is 0 Å². The molecule has 4 aliphatic carbocycles. The normalized spacial score (nSPS) is 40.9. The molecular formula is C29H41NO4. The minimum atomic E-state index is -0.875. The molecule has 34 heavy (non-hydrogen) atoms. The fourth-order valence-corrected chi connectivity index (χ4v) is 8.88. The summed E-state index contributed by atoms with van der Waals surface area (Å²) in [6.07, 6.45) is 15.0. The molecule has 5 rings (SSSR count). The van der Waals surface area contributed by atoms with Crippen LogP contribution in [0.15, 0.2) is 39.3 Å². The molecule has 3 saturated carbocycles. The van der Waals surface area contributed by atoms with Crippen LogP contribution in [0.2, 0.25) is 0 Å². The summed E-state index contributed by atoms with van der Waals surface area (Å²) in [5, 5.41) is 9.29. The Bertz CT molecular complexity index is 1010. The zero-order chi connectivity index (χ0) is 24.3. The first-order chi connectivity index (χ1) is 16.1. The molecule has 1 heterocycles. The lowest BCUT2D eigenvalue weighted by Gasteiger charge is -2.60. The predicted molar refractivity (Wildman–Crippen MR) is 132 cm³/mol. The quantitative estimate of drug-likeness (QED) is 0.539. The molecule has 5 heteroatoms. The molecule has 0 amide bonds. The Morgan fingerprint density at radius 2 is 2.00 bits per heavy atom. The van der Waals surface area contributed by atoms with Crippen molar-refractivity contribution in [3.8, 4) is 0 Å². The minimum Gasteiger partial charge on any atom is -0.480 e. The summed E-state index contributed by atoms with van der Waals surface area (Å²) in [4.78, 5) is 22.8. The Morgan fingerprint density at radius 3 is 2.71 bits per heavy atom. The predicted octanol–water partition coefficient (Wildman–Crippen LogP) is 5.74. The maximum atomic E-state index is 11.5. The highest BCUT2D eigenvalue weighted by atomic mass is 16.4. The molecule has 0 bridgehead atoms. The second-order valence-electron chi connectivity index (χ2n) is 12.5. The van der Waals surface area contributed by atoms with E-state index in [1.165, 1.54) is 50.5 Å². The summed E-state index contributed by atoms with van der Waals surface area (Å²) >= 11 is 0. The molecule has 0 aliphatic heterocycles. The van der Waals surface area contributed by atoms with E-state index in [4.69, 9.17) is 10.2 Å². The molecule has 1 aromatic heterocycles. The van der Waals surface area contributed by atoms with Gasteiger partial charge in [-0.3, -0.25) is 4.79 Å². The van der Waals surface area contributed by atoms with Gasteiger partial charge in [0.05, 0.1) is 6.26 Å². The van der Waals surface area contributed by atoms with E-state index in [9.17, 15) is 14.7 Å². The average molecular weight is 468 g/mol. The average Bonchev–Trinajstić information content (AvgIpc) is 3.16. The van der Waals surface area contributed by atoms with Gasteiger partial charge in [0.25, 0.3) is 0 Å². The first-order valence-electron chi connectivity index (χ1n) is 13.4. The van der Waals surface area contributed by atoms with Gasteiger partial charge in [0, 0.05) is 6.07 Å². The molecule has 3 N–H and O–H groups in total. The minimum absolute atomic E-state index is 0.0292. The molecule has 5 nitrogen and oxygen atoms in total. The standard InChI is InChI=1S/C29H41NO4/c1-17(26(30)27(32)33)14-18-10-12-28(2)20(15-18)5-6-21-23-8-7-22(19-4-9-25(31)34-16-19)29(23,3)13-11-24(21)28/h4,8-9,16-18,20-22,24,26H,5-7,10-15,30H2,1-3H3,(H,32,33)/t17?,18-,20-,21+,22-,24+,26?,28+,29-/m1/s1. The fraction of sp³-hybridized carbons (Fsp3) is 0.724. The number of carboxylic acids is 1. The van der Waals surface area contributed by atoms with Gasteiger partial charge in [-0.05, 0) is 116 Å². The molecule has 2 unspecified atom stereocenters. The molecule has 3 fully saturated rings. The number of nitrogens with two attached hydrogens (primary N) is 1. The Balaban J connectivity index is 1.30. The summed E-state index contributed by atoms with van der Waals surface area (Å²) in [6.45, 7) is 7.03. The summed E-state index contributed by atoms with van der Waals surface area (Å²) < 4.78 is 5.23. The van der Waals surface area contributed by atoms with Gasteiger partial charge in [-0.2, -0.15) is 0 Å². The van der Waals surface area contributed by atoms with Crippen LogP contribution in [-0.2, 0) is 4.79 Å². The highest BCUT2D eigenvalue weighted by Crippen LogP contribution is 2.67. The van der Waals surface area contributed by atoms with Gasteiger partial charge in [-0.15, -0.1) is 0 Å². The third kappa shape index (κ3) is 3.79. The lowest BCUT2D eigenvalue weighted by Crippen LogP contribution is -2.51. The van der Waals surface area contributed by atoms with E-state index in [1.807, 2.05) is 13.0 Å². The van der Waals surface area contributed by atoms with E-state index in [-0.39, 0.29) is 17.0 Å². The lowest BCUT2D eigenvalue weighted by molar-refractivity contribution is -0.140. The molecule has 4 aliphatic rings. The van der Waals surface area contributed by atoms with E-state index in [2.05, 4.69) is 19.9 Å². The maximum Gasteiger partial charge on any atom is 0.335 e. The van der Waals surface area contributed by atoms with Gasteiger partial charge in [-0.1, -0.05) is 32.4 Å². The van der Waals surface area contributed by atoms with Crippen molar-refractivity contribution in [3.63, 3.8) is 0 Å². The smallest absolute Gasteiger partial charge is 0.335 e. The Hall–Kier alpha value is -1.88. The van der Waals surface area contributed by atoms with Gasteiger partial charge in [0.2, 0.25) is 0 Å². The Kier molecular flexibility index (Phi) is 6.07. The number of carboxylic acid groups (broad SMARTS) is 1. The molecule has 0 radical (unpaired) electrons. The number of hydrogen-bond acceptors (Lipinski definition) is 4. The molecule has 186 valence electrons. The van der Waals surface area contributed by atoms with Crippen LogP contribution in [0.4, 0.5) is 0 Å². The van der Waals surface area contributed by atoms with Crippen molar-refractivity contribution in [1.29, 1.82) is 0 Å². The van der Waals surface area contributed by atoms with Crippen LogP contribution < -0.4 is 11.4 Å². The number of rotatable bonds is 5. The van der Waals surface area contributed by atoms with Crippen LogP contribution in [0.3, 0.4) is 0 Å². The van der Waals surface area contributed by atoms with Crippen LogP contribution in [0.25, 0.3) is 0 Å². The summed E-state index contributed by atoms with van der Waals surface area (Å²) in [5.74, 6) is 2.34. The number of aliphatic carboxylic acids is 1. The van der Waals surface area contributed by atoms with Crippen molar-refractivity contribution in [3.05, 3.63) is 46.0 Å². The third-order valence-electron chi connectivity index (χ3n) is 10.9. The number of hydrogen-bond donors (Lipinski definition) is 2. The van der Waals surface area contributed by atoms with Crippen LogP contribution in [0.1, 0.15) is 90.0 Å². The van der Waals surface area contributed by atoms with Gasteiger partial charge in [-0.25, -0.2) is 4.79 Å². The zero-order valence-corrected chi connectivity index (χ0v) is 21.0.